The summed E-state index contributed by atoms with van der Waals surface area (Å²) in [4.78, 5) is 12.3. The molecule has 5 rings (SSSR count). The van der Waals surface area contributed by atoms with Crippen molar-refractivity contribution < 1.29 is 23.1 Å². The third kappa shape index (κ3) is 4.54. The van der Waals surface area contributed by atoms with Gasteiger partial charge >= 0.3 is 5.97 Å². The summed E-state index contributed by atoms with van der Waals surface area (Å²) >= 11 is 0. The second-order valence-electron chi connectivity index (χ2n) is 9.88. The SMILES string of the molecule is COc1cc(C(CC(=O)O)c2ccc(C)c(CN3CC(C)c4ccccc4S3(=O)=O)c2)cc2nnn(C)c12. The van der Waals surface area contributed by atoms with E-state index in [1.807, 2.05) is 56.3 Å². The molecule has 10 heteroatoms. The van der Waals surface area contributed by atoms with E-state index in [1.54, 1.807) is 31.0 Å². The van der Waals surface area contributed by atoms with Crippen LogP contribution in [-0.2, 0) is 28.4 Å². The Morgan fingerprint density at radius 3 is 2.66 bits per heavy atom. The topological polar surface area (TPSA) is 115 Å². The van der Waals surface area contributed by atoms with Crippen LogP contribution in [0.2, 0.25) is 0 Å². The van der Waals surface area contributed by atoms with Gasteiger partial charge in [-0.2, -0.15) is 4.31 Å². The molecule has 1 aliphatic heterocycles. The molecule has 2 heterocycles. The van der Waals surface area contributed by atoms with Crippen molar-refractivity contribution in [2.45, 2.75) is 43.5 Å². The number of carbonyl (C=O) groups is 1. The lowest BCUT2D eigenvalue weighted by Crippen LogP contribution is -2.38. The first-order valence-corrected chi connectivity index (χ1v) is 13.8. The number of ether oxygens (including phenoxy) is 1. The molecule has 9 nitrogen and oxygen atoms in total. The molecule has 0 amide bonds. The highest BCUT2D eigenvalue weighted by molar-refractivity contribution is 7.89. The molecule has 0 fully saturated rings. The molecule has 0 radical (unpaired) electrons. The Labute approximate surface area is 221 Å². The number of aryl methyl sites for hydroxylation is 2. The maximum absolute atomic E-state index is 13.5. The fourth-order valence-corrected chi connectivity index (χ4v) is 7.14. The first kappa shape index (κ1) is 25.9. The summed E-state index contributed by atoms with van der Waals surface area (Å²) in [6.45, 7) is 4.55. The van der Waals surface area contributed by atoms with Crippen LogP contribution in [0.5, 0.6) is 5.75 Å². The van der Waals surface area contributed by atoms with Crippen LogP contribution in [0.4, 0.5) is 0 Å². The largest absolute Gasteiger partial charge is 0.494 e. The van der Waals surface area contributed by atoms with Crippen LogP contribution in [0, 0.1) is 6.92 Å². The van der Waals surface area contributed by atoms with Crippen LogP contribution >= 0.6 is 0 Å². The summed E-state index contributed by atoms with van der Waals surface area (Å²) < 4.78 is 35.7. The molecule has 0 saturated carbocycles. The number of benzene rings is 3. The Balaban J connectivity index is 1.55. The van der Waals surface area contributed by atoms with Crippen molar-refractivity contribution in [1.29, 1.82) is 0 Å². The summed E-state index contributed by atoms with van der Waals surface area (Å²) in [5, 5.41) is 18.1. The Hall–Kier alpha value is -3.76. The van der Waals surface area contributed by atoms with Crippen molar-refractivity contribution in [3.63, 3.8) is 0 Å². The Bertz CT molecular complexity index is 1650. The minimum atomic E-state index is -3.66. The van der Waals surface area contributed by atoms with Crippen molar-refractivity contribution >= 4 is 27.0 Å². The van der Waals surface area contributed by atoms with Gasteiger partial charge in [-0.15, -0.1) is 5.10 Å². The molecular weight excluding hydrogens is 504 g/mol. The number of aromatic nitrogens is 3. The van der Waals surface area contributed by atoms with Crippen LogP contribution in [0.3, 0.4) is 0 Å². The predicted molar refractivity (Wildman–Crippen MR) is 143 cm³/mol. The smallest absolute Gasteiger partial charge is 0.304 e. The Morgan fingerprint density at radius 1 is 1.16 bits per heavy atom. The lowest BCUT2D eigenvalue weighted by Gasteiger charge is -2.32. The fourth-order valence-electron chi connectivity index (χ4n) is 5.32. The Kier molecular flexibility index (Phi) is 6.70. The number of methoxy groups -OCH3 is 1. The number of nitrogens with zero attached hydrogens (tertiary/aromatic N) is 4. The summed E-state index contributed by atoms with van der Waals surface area (Å²) in [5.74, 6) is -0.826. The van der Waals surface area contributed by atoms with Gasteiger partial charge in [-0.05, 0) is 58.9 Å². The Morgan fingerprint density at radius 2 is 1.92 bits per heavy atom. The molecule has 0 saturated heterocycles. The molecule has 198 valence electrons. The van der Waals surface area contributed by atoms with Gasteiger partial charge in [0, 0.05) is 26.1 Å². The van der Waals surface area contributed by atoms with Gasteiger partial charge in [0.05, 0.1) is 18.4 Å². The van der Waals surface area contributed by atoms with E-state index in [2.05, 4.69) is 10.3 Å². The second-order valence-corrected chi connectivity index (χ2v) is 11.8. The quantitative estimate of drug-likeness (QED) is 0.378. The van der Waals surface area contributed by atoms with Gasteiger partial charge in [-0.1, -0.05) is 48.5 Å². The lowest BCUT2D eigenvalue weighted by molar-refractivity contribution is -0.137. The average Bonchev–Trinajstić information content (AvgIpc) is 3.27. The molecule has 4 aromatic rings. The maximum Gasteiger partial charge on any atom is 0.304 e. The number of rotatable bonds is 7. The van der Waals surface area contributed by atoms with Gasteiger partial charge < -0.3 is 9.84 Å². The third-order valence-electron chi connectivity index (χ3n) is 7.36. The van der Waals surface area contributed by atoms with E-state index in [0.29, 0.717) is 22.7 Å². The molecule has 1 aliphatic rings. The number of hydrogen-bond donors (Lipinski definition) is 1. The van der Waals surface area contributed by atoms with E-state index < -0.39 is 21.9 Å². The van der Waals surface area contributed by atoms with Crippen LogP contribution in [0.1, 0.15) is 53.0 Å². The van der Waals surface area contributed by atoms with Crippen molar-refractivity contribution in [2.24, 2.45) is 7.05 Å². The first-order valence-electron chi connectivity index (χ1n) is 12.4. The van der Waals surface area contributed by atoms with Crippen molar-refractivity contribution in [3.8, 4) is 5.75 Å². The normalized spacial score (nSPS) is 17.7. The van der Waals surface area contributed by atoms with E-state index in [1.165, 1.54) is 4.31 Å². The van der Waals surface area contributed by atoms with E-state index >= 15 is 0 Å². The number of hydrogen-bond acceptors (Lipinski definition) is 6. The molecule has 2 unspecified atom stereocenters. The van der Waals surface area contributed by atoms with Gasteiger partial charge in [0.1, 0.15) is 16.8 Å². The summed E-state index contributed by atoms with van der Waals surface area (Å²) in [5.41, 5.74) is 5.45. The van der Waals surface area contributed by atoms with Crippen LogP contribution in [-0.4, -0.2) is 52.4 Å². The van der Waals surface area contributed by atoms with E-state index in [9.17, 15) is 18.3 Å². The van der Waals surface area contributed by atoms with Crippen molar-refractivity contribution in [3.05, 3.63) is 82.4 Å². The molecule has 0 spiro atoms. The average molecular weight is 535 g/mol. The predicted octanol–water partition coefficient (Wildman–Crippen LogP) is 4.20. The number of aliphatic carboxylic acids is 1. The van der Waals surface area contributed by atoms with Crippen LogP contribution < -0.4 is 4.74 Å². The van der Waals surface area contributed by atoms with Gasteiger partial charge in [0.15, 0.2) is 0 Å². The molecule has 38 heavy (non-hydrogen) atoms. The summed E-state index contributed by atoms with van der Waals surface area (Å²) in [7, 11) is -0.335. The highest BCUT2D eigenvalue weighted by atomic mass is 32.2. The molecule has 1 aromatic heterocycles. The molecule has 0 aliphatic carbocycles. The van der Waals surface area contributed by atoms with Crippen LogP contribution in [0.25, 0.3) is 11.0 Å². The minimum Gasteiger partial charge on any atom is -0.494 e. The number of carboxylic acid groups (broad SMARTS) is 1. The highest BCUT2D eigenvalue weighted by Crippen LogP contribution is 2.37. The zero-order valence-electron chi connectivity index (χ0n) is 21.7. The van der Waals surface area contributed by atoms with Gasteiger partial charge in [0.2, 0.25) is 10.0 Å². The molecule has 0 bridgehead atoms. The monoisotopic (exact) mass is 534 g/mol. The minimum absolute atomic E-state index is 0.0594. The van der Waals surface area contributed by atoms with Crippen LogP contribution in [0.15, 0.2) is 59.5 Å². The second kappa shape index (κ2) is 9.85. The van der Waals surface area contributed by atoms with E-state index in [0.717, 1.165) is 33.3 Å². The van der Waals surface area contributed by atoms with Crippen molar-refractivity contribution in [2.75, 3.05) is 13.7 Å². The molecule has 3 aromatic carbocycles. The molecule has 2 atom stereocenters. The maximum atomic E-state index is 13.5. The zero-order chi connectivity index (χ0) is 27.2. The molecular formula is C28H30N4O5S. The fraction of sp³-hybridized carbons (Fsp3) is 0.321. The number of fused-ring (bicyclic) bond motifs is 2. The number of sulfonamides is 1. The van der Waals surface area contributed by atoms with E-state index in [4.69, 9.17) is 4.74 Å². The zero-order valence-corrected chi connectivity index (χ0v) is 22.6. The number of carboxylic acids is 1. The summed E-state index contributed by atoms with van der Waals surface area (Å²) in [6.07, 6.45) is -0.149. The lowest BCUT2D eigenvalue weighted by atomic mass is 9.86. The molecule has 1 N–H and O–H groups in total. The van der Waals surface area contributed by atoms with Gasteiger partial charge in [0.25, 0.3) is 0 Å². The van der Waals surface area contributed by atoms with Gasteiger partial charge in [-0.3, -0.25) is 4.79 Å². The first-order chi connectivity index (χ1) is 18.1. The summed E-state index contributed by atoms with van der Waals surface area (Å²) in [6, 6.07) is 16.6. The third-order valence-corrected chi connectivity index (χ3v) is 9.24. The van der Waals surface area contributed by atoms with Crippen molar-refractivity contribution in [1.82, 2.24) is 19.3 Å². The van der Waals surface area contributed by atoms with E-state index in [-0.39, 0.29) is 18.9 Å². The standard InChI is InChI=1S/C28H30N4O5S/c1-17-9-10-19(11-21(17)16-32-15-18(2)22-7-5-6-8-26(22)38(32,35)36)23(14-27(33)34)20-12-24-28(25(13-20)37-4)31(3)30-29-24/h5-13,18,23H,14-16H2,1-4H3,(H,33,34). The highest BCUT2D eigenvalue weighted by Gasteiger charge is 2.35. The van der Waals surface area contributed by atoms with Gasteiger partial charge in [-0.25, -0.2) is 13.1 Å².